The summed E-state index contributed by atoms with van der Waals surface area (Å²) in [5, 5.41) is 12.2. The summed E-state index contributed by atoms with van der Waals surface area (Å²) in [7, 11) is 0. The zero-order chi connectivity index (χ0) is 23.2. The van der Waals surface area contributed by atoms with E-state index in [4.69, 9.17) is 4.74 Å². The summed E-state index contributed by atoms with van der Waals surface area (Å²) in [6.07, 6.45) is 9.65. The standard InChI is InChI=1S/C27H28N2O4/c1-2-33-27(32)20-12-14-21(15-13-20)29-25(30)23-11-7-6-10-22(23)24(26(29)31)18-28-17-16-19-8-4-3-5-9-19/h6-8,10-15,18,31H,2-5,9,16-17H2,1H3. The summed E-state index contributed by atoms with van der Waals surface area (Å²) in [6, 6.07) is 13.6. The van der Waals surface area contributed by atoms with E-state index in [1.54, 1.807) is 49.5 Å². The van der Waals surface area contributed by atoms with Crippen LogP contribution in [-0.4, -0.2) is 35.0 Å². The van der Waals surface area contributed by atoms with Gasteiger partial charge in [-0.3, -0.25) is 9.79 Å². The normalized spacial score (nSPS) is 13.9. The first kappa shape index (κ1) is 22.5. The highest BCUT2D eigenvalue weighted by Crippen LogP contribution is 2.26. The number of aliphatic imine (C=N–C) groups is 1. The molecule has 0 saturated heterocycles. The lowest BCUT2D eigenvalue weighted by Gasteiger charge is -2.14. The van der Waals surface area contributed by atoms with Crippen molar-refractivity contribution in [3.05, 3.63) is 81.7 Å². The van der Waals surface area contributed by atoms with E-state index >= 15 is 0 Å². The number of aromatic hydroxyl groups is 1. The van der Waals surface area contributed by atoms with Crippen LogP contribution in [0.3, 0.4) is 0 Å². The number of carbonyl (C=O) groups is 1. The molecule has 6 heteroatoms. The number of hydrogen-bond donors (Lipinski definition) is 1. The topological polar surface area (TPSA) is 80.9 Å². The third-order valence-corrected chi connectivity index (χ3v) is 5.91. The molecule has 1 aromatic heterocycles. The third kappa shape index (κ3) is 4.90. The molecule has 0 atom stereocenters. The second-order valence-corrected chi connectivity index (χ2v) is 8.08. The first-order valence-corrected chi connectivity index (χ1v) is 11.4. The molecule has 0 bridgehead atoms. The van der Waals surface area contributed by atoms with Crippen LogP contribution in [0.4, 0.5) is 0 Å². The minimum Gasteiger partial charge on any atom is -0.494 e. The molecule has 0 unspecified atom stereocenters. The lowest BCUT2D eigenvalue weighted by Crippen LogP contribution is -2.20. The zero-order valence-electron chi connectivity index (χ0n) is 18.8. The van der Waals surface area contributed by atoms with Crippen LogP contribution in [-0.2, 0) is 4.74 Å². The number of allylic oxidation sites excluding steroid dienone is 1. The molecule has 1 N–H and O–H groups in total. The van der Waals surface area contributed by atoms with Crippen LogP contribution in [0.1, 0.15) is 54.9 Å². The van der Waals surface area contributed by atoms with Gasteiger partial charge in [-0.05, 0) is 69.4 Å². The second kappa shape index (κ2) is 10.3. The quantitative estimate of drug-likeness (QED) is 0.309. The summed E-state index contributed by atoms with van der Waals surface area (Å²) in [5.41, 5.74) is 2.44. The molecule has 0 fully saturated rings. The van der Waals surface area contributed by atoms with Crippen molar-refractivity contribution >= 4 is 23.0 Å². The highest BCUT2D eigenvalue weighted by molar-refractivity contribution is 6.01. The van der Waals surface area contributed by atoms with Gasteiger partial charge >= 0.3 is 5.97 Å². The smallest absolute Gasteiger partial charge is 0.338 e. The fourth-order valence-electron chi connectivity index (χ4n) is 4.19. The lowest BCUT2D eigenvalue weighted by atomic mass is 9.97. The molecular formula is C27H28N2O4. The zero-order valence-corrected chi connectivity index (χ0v) is 18.8. The van der Waals surface area contributed by atoms with Gasteiger partial charge in [0.2, 0.25) is 5.88 Å². The van der Waals surface area contributed by atoms with Crippen LogP contribution < -0.4 is 5.56 Å². The number of fused-ring (bicyclic) bond motifs is 1. The molecule has 2 aromatic carbocycles. The number of ether oxygens (including phenoxy) is 1. The summed E-state index contributed by atoms with van der Waals surface area (Å²) >= 11 is 0. The summed E-state index contributed by atoms with van der Waals surface area (Å²) in [4.78, 5) is 29.7. The predicted molar refractivity (Wildman–Crippen MR) is 131 cm³/mol. The molecule has 0 amide bonds. The molecule has 1 aliphatic carbocycles. The van der Waals surface area contributed by atoms with E-state index in [2.05, 4.69) is 11.1 Å². The number of nitrogens with zero attached hydrogens (tertiary/aromatic N) is 2. The summed E-state index contributed by atoms with van der Waals surface area (Å²) in [6.45, 7) is 2.66. The Kier molecular flexibility index (Phi) is 7.03. The molecule has 0 spiro atoms. The van der Waals surface area contributed by atoms with Gasteiger partial charge < -0.3 is 9.84 Å². The van der Waals surface area contributed by atoms with E-state index in [-0.39, 0.29) is 18.0 Å². The first-order valence-electron chi connectivity index (χ1n) is 11.4. The van der Waals surface area contributed by atoms with E-state index in [0.29, 0.717) is 34.1 Å². The maximum Gasteiger partial charge on any atom is 0.338 e. The largest absolute Gasteiger partial charge is 0.494 e. The number of carbonyl (C=O) groups excluding carboxylic acids is 1. The van der Waals surface area contributed by atoms with Crippen LogP contribution in [0.25, 0.3) is 16.5 Å². The maximum atomic E-state index is 13.2. The van der Waals surface area contributed by atoms with E-state index in [0.717, 1.165) is 19.3 Å². The molecular weight excluding hydrogens is 416 g/mol. The fraction of sp³-hybridized carbons (Fsp3) is 0.296. The van der Waals surface area contributed by atoms with Gasteiger partial charge in [-0.2, -0.15) is 0 Å². The predicted octanol–water partition coefficient (Wildman–Crippen LogP) is 5.18. The molecule has 33 heavy (non-hydrogen) atoms. The van der Waals surface area contributed by atoms with Gasteiger partial charge in [0.15, 0.2) is 0 Å². The van der Waals surface area contributed by atoms with E-state index in [9.17, 15) is 14.7 Å². The molecule has 3 aromatic rings. The Labute approximate surface area is 192 Å². The minimum atomic E-state index is -0.431. The van der Waals surface area contributed by atoms with Crippen molar-refractivity contribution in [3.8, 4) is 11.6 Å². The van der Waals surface area contributed by atoms with Crippen LogP contribution >= 0.6 is 0 Å². The molecule has 4 rings (SSSR count). The molecule has 170 valence electrons. The molecule has 6 nitrogen and oxygen atoms in total. The van der Waals surface area contributed by atoms with E-state index < -0.39 is 5.97 Å². The highest BCUT2D eigenvalue weighted by Gasteiger charge is 2.17. The van der Waals surface area contributed by atoms with Crippen molar-refractivity contribution in [1.82, 2.24) is 4.57 Å². The number of pyridine rings is 1. The monoisotopic (exact) mass is 444 g/mol. The molecule has 0 saturated carbocycles. The SMILES string of the molecule is CCOC(=O)c1ccc(-n2c(O)c(C=NCCC3=CCCCC3)c3ccccc3c2=O)cc1. The van der Waals surface area contributed by atoms with Crippen molar-refractivity contribution in [2.45, 2.75) is 39.0 Å². The third-order valence-electron chi connectivity index (χ3n) is 5.91. The average Bonchev–Trinajstić information content (AvgIpc) is 2.85. The Hall–Kier alpha value is -3.67. The van der Waals surface area contributed by atoms with Crippen LogP contribution in [0.15, 0.2) is 70.0 Å². The van der Waals surface area contributed by atoms with Crippen molar-refractivity contribution in [2.75, 3.05) is 13.2 Å². The number of esters is 1. The molecule has 1 aliphatic rings. The van der Waals surface area contributed by atoms with Gasteiger partial charge in [0, 0.05) is 23.5 Å². The Morgan fingerprint density at radius 3 is 2.58 bits per heavy atom. The Morgan fingerprint density at radius 1 is 1.12 bits per heavy atom. The number of aromatic nitrogens is 1. The van der Waals surface area contributed by atoms with Gasteiger partial charge in [-0.25, -0.2) is 9.36 Å². The van der Waals surface area contributed by atoms with Crippen molar-refractivity contribution in [1.29, 1.82) is 0 Å². The number of benzene rings is 2. The number of rotatable bonds is 7. The molecule has 1 heterocycles. The second-order valence-electron chi connectivity index (χ2n) is 8.08. The Balaban J connectivity index is 1.70. The Bertz CT molecular complexity index is 1270. The van der Waals surface area contributed by atoms with Crippen LogP contribution in [0.5, 0.6) is 5.88 Å². The summed E-state index contributed by atoms with van der Waals surface area (Å²) < 4.78 is 6.27. The van der Waals surface area contributed by atoms with Gasteiger partial charge in [0.1, 0.15) is 0 Å². The van der Waals surface area contributed by atoms with Gasteiger partial charge in [0.25, 0.3) is 5.56 Å². The van der Waals surface area contributed by atoms with Crippen molar-refractivity contribution in [2.24, 2.45) is 4.99 Å². The van der Waals surface area contributed by atoms with E-state index in [1.165, 1.54) is 23.0 Å². The van der Waals surface area contributed by atoms with E-state index in [1.807, 2.05) is 12.1 Å². The number of hydrogen-bond acceptors (Lipinski definition) is 5. The Morgan fingerprint density at radius 2 is 1.88 bits per heavy atom. The van der Waals surface area contributed by atoms with Crippen LogP contribution in [0.2, 0.25) is 0 Å². The minimum absolute atomic E-state index is 0.178. The summed E-state index contributed by atoms with van der Waals surface area (Å²) in [5.74, 6) is -0.608. The first-order chi connectivity index (χ1) is 16.1. The van der Waals surface area contributed by atoms with Gasteiger partial charge in [-0.1, -0.05) is 29.8 Å². The lowest BCUT2D eigenvalue weighted by molar-refractivity contribution is 0.0526. The van der Waals surface area contributed by atoms with Crippen molar-refractivity contribution < 1.29 is 14.6 Å². The molecule has 0 radical (unpaired) electrons. The highest BCUT2D eigenvalue weighted by atomic mass is 16.5. The van der Waals surface area contributed by atoms with Gasteiger partial charge in [-0.15, -0.1) is 0 Å². The van der Waals surface area contributed by atoms with Gasteiger partial charge in [0.05, 0.1) is 23.4 Å². The maximum absolute atomic E-state index is 13.2. The molecule has 0 aliphatic heterocycles. The van der Waals surface area contributed by atoms with Crippen LogP contribution in [0, 0.1) is 0 Å². The fourth-order valence-corrected chi connectivity index (χ4v) is 4.19. The average molecular weight is 445 g/mol. The van der Waals surface area contributed by atoms with Crippen molar-refractivity contribution in [3.63, 3.8) is 0 Å².